The van der Waals surface area contributed by atoms with Crippen molar-refractivity contribution in [2.45, 2.75) is 5.16 Å². The summed E-state index contributed by atoms with van der Waals surface area (Å²) in [6.45, 7) is 0.822. The van der Waals surface area contributed by atoms with Crippen LogP contribution in [0.25, 0.3) is 5.52 Å². The van der Waals surface area contributed by atoms with E-state index in [9.17, 15) is 13.2 Å². The third-order valence-electron chi connectivity index (χ3n) is 3.44. The van der Waals surface area contributed by atoms with Crippen LogP contribution in [0, 0.1) is 0 Å². The topological polar surface area (TPSA) is 105 Å². The molecule has 0 aliphatic heterocycles. The second kappa shape index (κ2) is 6.89. The molecule has 0 aromatic carbocycles. The van der Waals surface area contributed by atoms with Gasteiger partial charge < -0.3 is 10.6 Å². The number of pyridine rings is 2. The molecule has 0 unspecified atom stereocenters. The molecule has 1 amide bonds. The molecule has 2 N–H and O–H groups in total. The van der Waals surface area contributed by atoms with E-state index in [-0.39, 0.29) is 10.9 Å². The molecule has 0 radical (unpaired) electrons. The number of carbonyl (C=O) groups is 1. The number of rotatable bonds is 6. The number of nitrogens with one attached hydrogen (secondary N) is 2. The Morgan fingerprint density at radius 1 is 1.16 bits per heavy atom. The Hall–Kier alpha value is -2.94. The summed E-state index contributed by atoms with van der Waals surface area (Å²) < 4.78 is 25.1. The van der Waals surface area contributed by atoms with E-state index < -0.39 is 15.7 Å². The fourth-order valence-corrected chi connectivity index (χ4v) is 3.13. The van der Waals surface area contributed by atoms with Gasteiger partial charge >= 0.3 is 0 Å². The Kier molecular flexibility index (Phi) is 4.66. The van der Waals surface area contributed by atoms with Crippen molar-refractivity contribution in [2.24, 2.45) is 0 Å². The molecule has 3 aromatic heterocycles. The summed E-state index contributed by atoms with van der Waals surface area (Å²) >= 11 is 0. The first kappa shape index (κ1) is 16.9. The van der Waals surface area contributed by atoms with Crippen LogP contribution < -0.4 is 10.6 Å². The molecule has 9 heteroatoms. The van der Waals surface area contributed by atoms with Gasteiger partial charge in [-0.2, -0.15) is 0 Å². The van der Waals surface area contributed by atoms with Crippen LogP contribution in [-0.4, -0.2) is 48.0 Å². The first-order valence-corrected chi connectivity index (χ1v) is 9.46. The van der Waals surface area contributed by atoms with Crippen LogP contribution in [0.4, 0.5) is 5.82 Å². The van der Waals surface area contributed by atoms with Gasteiger partial charge in [0.2, 0.25) is 15.0 Å². The predicted molar refractivity (Wildman–Crippen MR) is 93.4 cm³/mol. The molecule has 0 bridgehead atoms. The van der Waals surface area contributed by atoms with Crippen molar-refractivity contribution in [2.75, 3.05) is 24.7 Å². The number of fused-ring (bicyclic) bond motifs is 1. The molecule has 0 fully saturated rings. The standard InChI is InChI=1S/C16H17N5O3S/c1-25(23,24)16-20-14(12-6-3-5-11-21(12)16)15(22)19-10-9-18-13-7-2-4-8-17-13/h2-8,11H,9-10H2,1H3,(H,17,18)(H,19,22). The summed E-state index contributed by atoms with van der Waals surface area (Å²) in [6.07, 6.45) is 4.30. The summed E-state index contributed by atoms with van der Waals surface area (Å²) in [4.78, 5) is 20.5. The SMILES string of the molecule is CS(=O)(=O)c1nc(C(=O)NCCNc2ccccn2)c2ccccn12. The maximum Gasteiger partial charge on any atom is 0.272 e. The summed E-state index contributed by atoms with van der Waals surface area (Å²) in [5.74, 6) is 0.282. The number of carbonyl (C=O) groups excluding carboxylic acids is 1. The third-order valence-corrected chi connectivity index (χ3v) is 4.40. The highest BCUT2D eigenvalue weighted by Gasteiger charge is 2.22. The molecular formula is C16H17N5O3S. The maximum atomic E-state index is 12.4. The number of imidazole rings is 1. The highest BCUT2D eigenvalue weighted by molar-refractivity contribution is 7.90. The molecule has 130 valence electrons. The van der Waals surface area contributed by atoms with E-state index in [4.69, 9.17) is 0 Å². The summed E-state index contributed by atoms with van der Waals surface area (Å²) in [7, 11) is -3.55. The predicted octanol–water partition coefficient (Wildman–Crippen LogP) is 0.975. The van der Waals surface area contributed by atoms with Gasteiger partial charge in [-0.15, -0.1) is 0 Å². The van der Waals surface area contributed by atoms with Gasteiger partial charge in [0, 0.05) is 31.7 Å². The monoisotopic (exact) mass is 359 g/mol. The number of anilines is 1. The highest BCUT2D eigenvalue weighted by atomic mass is 32.2. The lowest BCUT2D eigenvalue weighted by molar-refractivity contribution is 0.0952. The summed E-state index contributed by atoms with van der Waals surface area (Å²) in [5.41, 5.74) is 0.525. The van der Waals surface area contributed by atoms with Crippen molar-refractivity contribution < 1.29 is 13.2 Å². The number of amides is 1. The Morgan fingerprint density at radius 2 is 1.96 bits per heavy atom. The van der Waals surface area contributed by atoms with E-state index in [2.05, 4.69) is 20.6 Å². The van der Waals surface area contributed by atoms with Crippen LogP contribution in [-0.2, 0) is 9.84 Å². The molecule has 0 aliphatic carbocycles. The largest absolute Gasteiger partial charge is 0.368 e. The molecule has 0 atom stereocenters. The quantitative estimate of drug-likeness (QED) is 0.636. The summed E-state index contributed by atoms with van der Waals surface area (Å²) in [5, 5.41) is 5.64. The van der Waals surface area contributed by atoms with Crippen molar-refractivity contribution in [3.8, 4) is 0 Å². The van der Waals surface area contributed by atoms with Gasteiger partial charge in [0.1, 0.15) is 5.82 Å². The minimum Gasteiger partial charge on any atom is -0.368 e. The number of hydrogen-bond acceptors (Lipinski definition) is 6. The lowest BCUT2D eigenvalue weighted by Crippen LogP contribution is -2.29. The first-order valence-electron chi connectivity index (χ1n) is 7.57. The molecule has 8 nitrogen and oxygen atoms in total. The number of sulfone groups is 1. The fourth-order valence-electron chi connectivity index (χ4n) is 2.36. The second-order valence-electron chi connectivity index (χ2n) is 5.37. The van der Waals surface area contributed by atoms with Gasteiger partial charge in [-0.1, -0.05) is 12.1 Å². The third kappa shape index (κ3) is 3.77. The van der Waals surface area contributed by atoms with E-state index in [0.29, 0.717) is 24.4 Å². The Bertz CT molecular complexity index is 999. The smallest absolute Gasteiger partial charge is 0.272 e. The van der Waals surface area contributed by atoms with Crippen LogP contribution in [0.15, 0.2) is 53.9 Å². The van der Waals surface area contributed by atoms with Crippen LogP contribution in [0.2, 0.25) is 0 Å². The number of hydrogen-bond donors (Lipinski definition) is 2. The van der Waals surface area contributed by atoms with Crippen molar-refractivity contribution >= 4 is 27.1 Å². The van der Waals surface area contributed by atoms with Gasteiger partial charge in [0.25, 0.3) is 5.91 Å². The van der Waals surface area contributed by atoms with Crippen LogP contribution in [0.3, 0.4) is 0 Å². The Labute approximate surface area is 144 Å². The highest BCUT2D eigenvalue weighted by Crippen LogP contribution is 2.16. The van der Waals surface area contributed by atoms with Crippen molar-refractivity contribution in [3.63, 3.8) is 0 Å². The van der Waals surface area contributed by atoms with E-state index >= 15 is 0 Å². The Balaban J connectivity index is 1.72. The maximum absolute atomic E-state index is 12.4. The molecule has 0 aliphatic rings. The molecule has 3 aromatic rings. The minimum absolute atomic E-state index is 0.0823. The van der Waals surface area contributed by atoms with Gasteiger partial charge in [0.05, 0.1) is 5.52 Å². The minimum atomic E-state index is -3.55. The van der Waals surface area contributed by atoms with E-state index in [1.807, 2.05) is 18.2 Å². The van der Waals surface area contributed by atoms with Crippen LogP contribution in [0.1, 0.15) is 10.5 Å². The van der Waals surface area contributed by atoms with Crippen LogP contribution in [0.5, 0.6) is 0 Å². The zero-order valence-corrected chi connectivity index (χ0v) is 14.3. The van der Waals surface area contributed by atoms with E-state index in [1.54, 1.807) is 30.6 Å². The molecule has 0 saturated heterocycles. The Morgan fingerprint density at radius 3 is 2.68 bits per heavy atom. The zero-order chi connectivity index (χ0) is 17.9. The molecular weight excluding hydrogens is 342 g/mol. The van der Waals surface area contributed by atoms with Gasteiger partial charge in [-0.25, -0.2) is 18.4 Å². The molecule has 3 heterocycles. The van der Waals surface area contributed by atoms with Crippen molar-refractivity contribution in [1.82, 2.24) is 19.7 Å². The van der Waals surface area contributed by atoms with Gasteiger partial charge in [-0.3, -0.25) is 9.20 Å². The van der Waals surface area contributed by atoms with E-state index in [0.717, 1.165) is 6.26 Å². The van der Waals surface area contributed by atoms with Crippen molar-refractivity contribution in [1.29, 1.82) is 0 Å². The average Bonchev–Trinajstić information content (AvgIpc) is 2.99. The molecule has 25 heavy (non-hydrogen) atoms. The fraction of sp³-hybridized carbons (Fsp3) is 0.188. The van der Waals surface area contributed by atoms with Crippen LogP contribution >= 0.6 is 0 Å². The van der Waals surface area contributed by atoms with Gasteiger partial charge in [-0.05, 0) is 24.3 Å². The number of aromatic nitrogens is 3. The summed E-state index contributed by atoms with van der Waals surface area (Å²) in [6, 6.07) is 10.6. The normalized spacial score (nSPS) is 11.4. The lowest BCUT2D eigenvalue weighted by atomic mass is 10.3. The zero-order valence-electron chi connectivity index (χ0n) is 13.5. The first-order chi connectivity index (χ1) is 12.0. The molecule has 0 spiro atoms. The molecule has 0 saturated carbocycles. The number of nitrogens with zero attached hydrogens (tertiary/aromatic N) is 3. The second-order valence-corrected chi connectivity index (χ2v) is 7.28. The van der Waals surface area contributed by atoms with Crippen molar-refractivity contribution in [3.05, 3.63) is 54.5 Å². The lowest BCUT2D eigenvalue weighted by Gasteiger charge is -2.06. The van der Waals surface area contributed by atoms with Gasteiger partial charge in [0.15, 0.2) is 5.69 Å². The molecule has 3 rings (SSSR count). The average molecular weight is 359 g/mol. The van der Waals surface area contributed by atoms with E-state index in [1.165, 1.54) is 4.40 Å².